The summed E-state index contributed by atoms with van der Waals surface area (Å²) in [7, 11) is 0. The molecule has 0 N–H and O–H groups in total. The molecule has 128 valence electrons. The maximum absolute atomic E-state index is 13.4. The third-order valence-corrected chi connectivity index (χ3v) is 3.99. The summed E-state index contributed by atoms with van der Waals surface area (Å²) in [6.45, 7) is 1.64. The minimum absolute atomic E-state index is 0.0751. The van der Waals surface area contributed by atoms with Crippen LogP contribution in [0.3, 0.4) is 0 Å². The molecule has 6 heteroatoms. The predicted molar refractivity (Wildman–Crippen MR) is 85.5 cm³/mol. The number of rotatable bonds is 5. The lowest BCUT2D eigenvalue weighted by molar-refractivity contribution is -0.139. The van der Waals surface area contributed by atoms with Crippen molar-refractivity contribution in [3.05, 3.63) is 58.6 Å². The highest BCUT2D eigenvalue weighted by atomic mass is 35.5. The Morgan fingerprint density at radius 2 is 1.67 bits per heavy atom. The molecule has 0 aliphatic heterocycles. The topological polar surface area (TPSA) is 18.5 Å². The summed E-state index contributed by atoms with van der Waals surface area (Å²) in [6, 6.07) is 10.4. The van der Waals surface area contributed by atoms with Crippen molar-refractivity contribution in [1.82, 2.24) is 0 Å². The molecular formula is C18H16ClF3O2. The first-order chi connectivity index (χ1) is 11.3. The van der Waals surface area contributed by atoms with Crippen molar-refractivity contribution < 1.29 is 22.6 Å². The van der Waals surface area contributed by atoms with Crippen LogP contribution in [0.2, 0.25) is 5.02 Å². The average Bonchev–Trinajstić information content (AvgIpc) is 3.32. The summed E-state index contributed by atoms with van der Waals surface area (Å²) >= 11 is 5.78. The van der Waals surface area contributed by atoms with Crippen molar-refractivity contribution >= 4 is 11.6 Å². The molecule has 2 aromatic rings. The Labute approximate surface area is 143 Å². The number of benzene rings is 2. The molecule has 1 fully saturated rings. The van der Waals surface area contributed by atoms with Gasteiger partial charge in [-0.1, -0.05) is 17.7 Å². The van der Waals surface area contributed by atoms with E-state index in [2.05, 4.69) is 0 Å². The van der Waals surface area contributed by atoms with Gasteiger partial charge in [-0.05, 0) is 61.7 Å². The van der Waals surface area contributed by atoms with Gasteiger partial charge in [0, 0.05) is 5.02 Å². The summed E-state index contributed by atoms with van der Waals surface area (Å²) in [6.07, 6.45) is -3.20. The summed E-state index contributed by atoms with van der Waals surface area (Å²) in [5.74, 6) is 0.537. The Bertz CT molecular complexity index is 709. The van der Waals surface area contributed by atoms with Crippen LogP contribution in [-0.2, 0) is 10.9 Å². The zero-order valence-electron chi connectivity index (χ0n) is 12.9. The molecule has 0 bridgehead atoms. The largest absolute Gasteiger partial charge is 0.457 e. The minimum Gasteiger partial charge on any atom is -0.457 e. The van der Waals surface area contributed by atoms with Crippen molar-refractivity contribution in [2.24, 2.45) is 0 Å². The van der Waals surface area contributed by atoms with Crippen molar-refractivity contribution in [3.63, 3.8) is 0 Å². The summed E-state index contributed by atoms with van der Waals surface area (Å²) in [5.41, 5.74) is -0.611. The Hall–Kier alpha value is -1.72. The monoisotopic (exact) mass is 356 g/mol. The lowest BCUT2D eigenvalue weighted by Crippen LogP contribution is -2.13. The first-order valence-electron chi connectivity index (χ1n) is 7.63. The highest BCUT2D eigenvalue weighted by Crippen LogP contribution is 2.40. The van der Waals surface area contributed by atoms with Crippen LogP contribution >= 0.6 is 11.6 Å². The number of hydrogen-bond acceptors (Lipinski definition) is 2. The quantitative estimate of drug-likeness (QED) is 0.617. The first kappa shape index (κ1) is 17.1. The fourth-order valence-corrected chi connectivity index (χ4v) is 2.53. The van der Waals surface area contributed by atoms with Gasteiger partial charge in [-0.2, -0.15) is 13.2 Å². The van der Waals surface area contributed by atoms with E-state index >= 15 is 0 Å². The summed E-state index contributed by atoms with van der Waals surface area (Å²) in [4.78, 5) is 0. The third kappa shape index (κ3) is 4.22. The van der Waals surface area contributed by atoms with Gasteiger partial charge in [-0.3, -0.25) is 0 Å². The molecule has 0 aromatic heterocycles. The Balaban J connectivity index is 1.87. The molecule has 1 atom stereocenters. The standard InChI is InChI=1S/C18H16ClF3O2/c1-11(23-13-6-7-13)16-9-8-15(10-17(16)18(20,21)22)24-14-4-2-12(19)3-5-14/h2-5,8-11,13H,6-7H2,1H3. The molecule has 0 spiro atoms. The smallest absolute Gasteiger partial charge is 0.416 e. The lowest BCUT2D eigenvalue weighted by atomic mass is 10.0. The molecule has 1 saturated carbocycles. The van der Waals surface area contributed by atoms with Crippen LogP contribution < -0.4 is 4.74 Å². The van der Waals surface area contributed by atoms with Crippen LogP contribution in [0, 0.1) is 0 Å². The lowest BCUT2D eigenvalue weighted by Gasteiger charge is -2.20. The van der Waals surface area contributed by atoms with Gasteiger partial charge in [-0.25, -0.2) is 0 Å². The minimum atomic E-state index is -4.48. The van der Waals surface area contributed by atoms with Crippen molar-refractivity contribution in [2.75, 3.05) is 0 Å². The van der Waals surface area contributed by atoms with E-state index in [1.807, 2.05) is 0 Å². The van der Waals surface area contributed by atoms with Gasteiger partial charge in [0.2, 0.25) is 0 Å². The molecule has 0 saturated heterocycles. The van der Waals surface area contributed by atoms with Crippen molar-refractivity contribution in [1.29, 1.82) is 0 Å². The Kier molecular flexibility index (Phi) is 4.74. The van der Waals surface area contributed by atoms with E-state index in [-0.39, 0.29) is 17.4 Å². The molecule has 0 heterocycles. The van der Waals surface area contributed by atoms with E-state index in [0.717, 1.165) is 18.9 Å². The van der Waals surface area contributed by atoms with E-state index in [1.54, 1.807) is 31.2 Å². The van der Waals surface area contributed by atoms with E-state index in [9.17, 15) is 13.2 Å². The molecule has 0 amide bonds. The fourth-order valence-electron chi connectivity index (χ4n) is 2.40. The maximum atomic E-state index is 13.4. The van der Waals surface area contributed by atoms with Gasteiger partial charge in [0.05, 0.1) is 17.8 Å². The van der Waals surface area contributed by atoms with E-state index in [1.165, 1.54) is 12.1 Å². The van der Waals surface area contributed by atoms with Gasteiger partial charge in [0.25, 0.3) is 0 Å². The second kappa shape index (κ2) is 6.65. The van der Waals surface area contributed by atoms with Gasteiger partial charge in [0.1, 0.15) is 11.5 Å². The van der Waals surface area contributed by atoms with Gasteiger partial charge in [0.15, 0.2) is 0 Å². The zero-order valence-corrected chi connectivity index (χ0v) is 13.7. The van der Waals surface area contributed by atoms with Gasteiger partial charge in [-0.15, -0.1) is 0 Å². The number of ether oxygens (including phenoxy) is 2. The predicted octanol–water partition coefficient (Wildman–Crippen LogP) is 6.39. The highest BCUT2D eigenvalue weighted by molar-refractivity contribution is 6.30. The van der Waals surface area contributed by atoms with Gasteiger partial charge < -0.3 is 9.47 Å². The van der Waals surface area contributed by atoms with Crippen molar-refractivity contribution in [2.45, 2.75) is 38.1 Å². The van der Waals surface area contributed by atoms with E-state index < -0.39 is 17.8 Å². The molecular weight excluding hydrogens is 341 g/mol. The fraction of sp³-hybridized carbons (Fsp3) is 0.333. The number of hydrogen-bond donors (Lipinski definition) is 0. The normalized spacial score (nSPS) is 16.0. The van der Waals surface area contributed by atoms with Crippen LogP contribution in [0.5, 0.6) is 11.5 Å². The molecule has 1 aliphatic rings. The number of halogens is 4. The SMILES string of the molecule is CC(OC1CC1)c1ccc(Oc2ccc(Cl)cc2)cc1C(F)(F)F. The van der Waals surface area contributed by atoms with Crippen LogP contribution in [0.25, 0.3) is 0 Å². The molecule has 2 nitrogen and oxygen atoms in total. The van der Waals surface area contributed by atoms with Gasteiger partial charge >= 0.3 is 6.18 Å². The Morgan fingerprint density at radius 1 is 1.04 bits per heavy atom. The second-order valence-electron chi connectivity index (χ2n) is 5.78. The van der Waals surface area contributed by atoms with Crippen LogP contribution in [0.15, 0.2) is 42.5 Å². The summed E-state index contributed by atoms with van der Waals surface area (Å²) in [5, 5.41) is 0.528. The molecule has 0 radical (unpaired) electrons. The second-order valence-corrected chi connectivity index (χ2v) is 6.22. The molecule has 3 rings (SSSR count). The number of alkyl halides is 3. The Morgan fingerprint density at radius 3 is 2.25 bits per heavy atom. The van der Waals surface area contributed by atoms with E-state index in [0.29, 0.717) is 10.8 Å². The molecule has 24 heavy (non-hydrogen) atoms. The average molecular weight is 357 g/mol. The van der Waals surface area contributed by atoms with Crippen LogP contribution in [0.1, 0.15) is 37.0 Å². The van der Waals surface area contributed by atoms with Crippen molar-refractivity contribution in [3.8, 4) is 11.5 Å². The third-order valence-electron chi connectivity index (χ3n) is 3.74. The first-order valence-corrected chi connectivity index (χ1v) is 8.01. The molecule has 1 aliphatic carbocycles. The van der Waals surface area contributed by atoms with E-state index in [4.69, 9.17) is 21.1 Å². The summed E-state index contributed by atoms with van der Waals surface area (Å²) < 4.78 is 51.3. The van der Waals surface area contributed by atoms with Crippen LogP contribution in [0.4, 0.5) is 13.2 Å². The zero-order chi connectivity index (χ0) is 17.3. The highest BCUT2D eigenvalue weighted by Gasteiger charge is 2.36. The molecule has 1 unspecified atom stereocenters. The maximum Gasteiger partial charge on any atom is 0.416 e. The van der Waals surface area contributed by atoms with Crippen LogP contribution in [-0.4, -0.2) is 6.10 Å². The molecule has 2 aromatic carbocycles.